The third-order valence-electron chi connectivity index (χ3n) is 8.47. The summed E-state index contributed by atoms with van der Waals surface area (Å²) in [6, 6.07) is 2.52. The zero-order valence-electron chi connectivity index (χ0n) is 22.3. The van der Waals surface area contributed by atoms with E-state index in [2.05, 4.69) is 85.3 Å². The summed E-state index contributed by atoms with van der Waals surface area (Å²) in [6.45, 7) is 14.0. The highest BCUT2D eigenvalue weighted by Gasteiger charge is 2.32. The molecule has 0 aromatic rings. The minimum atomic E-state index is 0. The average Bonchev–Trinajstić information content (AvgIpc) is 2.59. The summed E-state index contributed by atoms with van der Waals surface area (Å²) in [7, 11) is 8.50. The molecule has 3 saturated carbocycles. The fourth-order valence-electron chi connectivity index (χ4n) is 5.11. The van der Waals surface area contributed by atoms with Crippen molar-refractivity contribution in [2.75, 3.05) is 28.2 Å². The van der Waals surface area contributed by atoms with Gasteiger partial charge in [-0.15, -0.1) is 0 Å². The van der Waals surface area contributed by atoms with Crippen molar-refractivity contribution in [1.82, 2.24) is 15.5 Å². The lowest BCUT2D eigenvalue weighted by atomic mass is 9.73. The van der Waals surface area contributed by atoms with Gasteiger partial charge in [0.05, 0.1) is 0 Å². The van der Waals surface area contributed by atoms with Gasteiger partial charge in [-0.3, -0.25) is 0 Å². The Morgan fingerprint density at radius 1 is 0.581 bits per heavy atom. The van der Waals surface area contributed by atoms with Crippen molar-refractivity contribution in [3.05, 3.63) is 0 Å². The first-order valence-electron chi connectivity index (χ1n) is 13.1. The first kappa shape index (κ1) is 30.9. The molecule has 3 aliphatic rings. The van der Waals surface area contributed by atoms with Crippen molar-refractivity contribution in [1.29, 1.82) is 0 Å². The van der Waals surface area contributed by atoms with Crippen LogP contribution in [-0.2, 0) is 0 Å². The van der Waals surface area contributed by atoms with Gasteiger partial charge in [-0.1, -0.05) is 49.0 Å². The SMILES string of the molecule is C.CC(C)C1CC(N(C)C)C1.CNC1CC(C(C)C)C1.CNC1CCC(C(C)C)CC1. The molecule has 3 rings (SSSR count). The van der Waals surface area contributed by atoms with Crippen LogP contribution in [0, 0.1) is 35.5 Å². The van der Waals surface area contributed by atoms with Crippen LogP contribution in [0.5, 0.6) is 0 Å². The summed E-state index contributed by atoms with van der Waals surface area (Å²) >= 11 is 0. The summed E-state index contributed by atoms with van der Waals surface area (Å²) in [6.07, 6.45) is 11.3. The van der Waals surface area contributed by atoms with E-state index in [4.69, 9.17) is 0 Å². The molecule has 0 amide bonds. The fraction of sp³-hybridized carbons (Fsp3) is 1.00. The van der Waals surface area contributed by atoms with Gasteiger partial charge in [0.15, 0.2) is 0 Å². The van der Waals surface area contributed by atoms with Crippen molar-refractivity contribution in [3.8, 4) is 0 Å². The van der Waals surface area contributed by atoms with E-state index in [1.54, 1.807) is 0 Å². The normalized spacial score (nSPS) is 32.3. The van der Waals surface area contributed by atoms with Crippen molar-refractivity contribution in [3.63, 3.8) is 0 Å². The van der Waals surface area contributed by atoms with Crippen LogP contribution in [0.15, 0.2) is 0 Å². The molecular formula is C28H61N3. The summed E-state index contributed by atoms with van der Waals surface area (Å²) in [5, 5.41) is 6.65. The van der Waals surface area contributed by atoms with Crippen molar-refractivity contribution < 1.29 is 0 Å². The Bertz CT molecular complexity index is 400. The largest absolute Gasteiger partial charge is 0.317 e. The molecule has 0 radical (unpaired) electrons. The number of hydrogen-bond donors (Lipinski definition) is 2. The van der Waals surface area contributed by atoms with Crippen LogP contribution in [0.25, 0.3) is 0 Å². The number of nitrogens with zero attached hydrogens (tertiary/aromatic N) is 1. The lowest BCUT2D eigenvalue weighted by Crippen LogP contribution is -2.42. The van der Waals surface area contributed by atoms with Gasteiger partial charge in [0.2, 0.25) is 0 Å². The van der Waals surface area contributed by atoms with Crippen LogP contribution >= 0.6 is 0 Å². The molecule has 0 bridgehead atoms. The Balaban J connectivity index is 0.000000431. The van der Waals surface area contributed by atoms with E-state index in [1.165, 1.54) is 51.4 Å². The van der Waals surface area contributed by atoms with Gasteiger partial charge in [-0.05, 0) is 115 Å². The van der Waals surface area contributed by atoms with E-state index in [0.717, 1.165) is 53.6 Å². The minimum Gasteiger partial charge on any atom is -0.317 e. The van der Waals surface area contributed by atoms with Crippen molar-refractivity contribution in [2.45, 2.75) is 118 Å². The van der Waals surface area contributed by atoms with E-state index in [-0.39, 0.29) is 7.43 Å². The maximum absolute atomic E-state index is 3.36. The average molecular weight is 440 g/mol. The molecule has 31 heavy (non-hydrogen) atoms. The van der Waals surface area contributed by atoms with Gasteiger partial charge < -0.3 is 15.5 Å². The Hall–Kier alpha value is -0.120. The molecule has 3 nitrogen and oxygen atoms in total. The van der Waals surface area contributed by atoms with E-state index < -0.39 is 0 Å². The van der Waals surface area contributed by atoms with Gasteiger partial charge >= 0.3 is 0 Å². The first-order chi connectivity index (χ1) is 14.1. The zero-order chi connectivity index (χ0) is 22.8. The number of hydrogen-bond acceptors (Lipinski definition) is 3. The van der Waals surface area contributed by atoms with Crippen LogP contribution in [0.3, 0.4) is 0 Å². The van der Waals surface area contributed by atoms with Crippen molar-refractivity contribution in [2.24, 2.45) is 35.5 Å². The zero-order valence-corrected chi connectivity index (χ0v) is 22.3. The fourth-order valence-corrected chi connectivity index (χ4v) is 5.11. The molecule has 188 valence electrons. The van der Waals surface area contributed by atoms with E-state index in [9.17, 15) is 0 Å². The molecule has 0 spiro atoms. The molecule has 3 aliphatic carbocycles. The van der Waals surface area contributed by atoms with E-state index >= 15 is 0 Å². The summed E-state index contributed by atoms with van der Waals surface area (Å²) < 4.78 is 0. The van der Waals surface area contributed by atoms with Gasteiger partial charge in [-0.2, -0.15) is 0 Å². The molecule has 0 aromatic heterocycles. The van der Waals surface area contributed by atoms with Crippen LogP contribution < -0.4 is 10.6 Å². The molecule has 3 fully saturated rings. The van der Waals surface area contributed by atoms with Crippen LogP contribution in [0.1, 0.15) is 100 Å². The van der Waals surface area contributed by atoms with Gasteiger partial charge in [0.1, 0.15) is 0 Å². The van der Waals surface area contributed by atoms with Crippen LogP contribution in [-0.4, -0.2) is 51.2 Å². The molecule has 0 saturated heterocycles. The second-order valence-electron chi connectivity index (χ2n) is 11.7. The Morgan fingerprint density at radius 2 is 0.968 bits per heavy atom. The van der Waals surface area contributed by atoms with E-state index in [0.29, 0.717) is 0 Å². The van der Waals surface area contributed by atoms with Gasteiger partial charge in [0, 0.05) is 18.1 Å². The Kier molecular flexibility index (Phi) is 15.6. The highest BCUT2D eigenvalue weighted by molar-refractivity contribution is 4.86. The standard InChI is InChI=1S/C10H21N.C9H19N.C8H17N.CH4/c1-8(2)9-4-6-10(11-3)7-5-9;1-7(2)8-5-9(6-8)10(3)4;1-6(2)7-4-8(5-7)9-3;/h8-11H,4-7H2,1-3H3;7-9H,5-6H2,1-4H3;6-9H,4-5H2,1-3H3;1H4. The lowest BCUT2D eigenvalue weighted by Gasteiger charge is -2.41. The quantitative estimate of drug-likeness (QED) is 0.483. The van der Waals surface area contributed by atoms with Crippen LogP contribution in [0.2, 0.25) is 0 Å². The molecule has 0 atom stereocenters. The Morgan fingerprint density at radius 3 is 1.29 bits per heavy atom. The topological polar surface area (TPSA) is 27.3 Å². The molecule has 3 heteroatoms. The molecule has 0 aromatic carbocycles. The smallest absolute Gasteiger partial charge is 0.00946 e. The number of nitrogens with one attached hydrogen (secondary N) is 2. The predicted molar refractivity (Wildman–Crippen MR) is 142 cm³/mol. The third kappa shape index (κ3) is 11.0. The van der Waals surface area contributed by atoms with Gasteiger partial charge in [0.25, 0.3) is 0 Å². The van der Waals surface area contributed by atoms with Crippen molar-refractivity contribution >= 4 is 0 Å². The second-order valence-corrected chi connectivity index (χ2v) is 11.7. The number of rotatable bonds is 6. The van der Waals surface area contributed by atoms with Crippen LogP contribution in [0.4, 0.5) is 0 Å². The Labute approximate surface area is 197 Å². The summed E-state index contributed by atoms with van der Waals surface area (Å²) in [4.78, 5) is 2.35. The second kappa shape index (κ2) is 15.7. The third-order valence-corrected chi connectivity index (χ3v) is 8.47. The van der Waals surface area contributed by atoms with E-state index in [1.807, 2.05) is 0 Å². The van der Waals surface area contributed by atoms with Gasteiger partial charge in [-0.25, -0.2) is 0 Å². The maximum atomic E-state index is 3.36. The lowest BCUT2D eigenvalue weighted by molar-refractivity contribution is 0.0924. The first-order valence-corrected chi connectivity index (χ1v) is 13.1. The molecular weight excluding hydrogens is 378 g/mol. The highest BCUT2D eigenvalue weighted by atomic mass is 15.1. The molecule has 0 heterocycles. The maximum Gasteiger partial charge on any atom is 0.00946 e. The predicted octanol–water partition coefficient (Wildman–Crippen LogP) is 6.68. The minimum absolute atomic E-state index is 0. The monoisotopic (exact) mass is 439 g/mol. The summed E-state index contributed by atoms with van der Waals surface area (Å²) in [5.74, 6) is 5.70. The molecule has 0 unspecified atom stereocenters. The highest BCUT2D eigenvalue weighted by Crippen LogP contribution is 2.35. The summed E-state index contributed by atoms with van der Waals surface area (Å²) in [5.41, 5.74) is 0. The molecule has 0 aliphatic heterocycles. The molecule has 2 N–H and O–H groups in total.